The molecule has 0 heterocycles. The SMILES string of the molecule is C=CCCCCCNC(C)c1cccc(Cl)c1. The predicted molar refractivity (Wildman–Crippen MR) is 76.5 cm³/mol. The normalized spacial score (nSPS) is 12.4. The molecule has 1 aromatic rings. The highest BCUT2D eigenvalue weighted by Gasteiger charge is 2.03. The van der Waals surface area contributed by atoms with E-state index in [1.807, 2.05) is 24.3 Å². The van der Waals surface area contributed by atoms with E-state index in [-0.39, 0.29) is 0 Å². The standard InChI is InChI=1S/C15H22ClN/c1-3-4-5-6-7-11-17-13(2)14-9-8-10-15(16)12-14/h3,8-10,12-13,17H,1,4-7,11H2,2H3. The van der Waals surface area contributed by atoms with E-state index in [2.05, 4.69) is 24.9 Å². The average molecular weight is 252 g/mol. The van der Waals surface area contributed by atoms with Crippen LogP contribution in [0.15, 0.2) is 36.9 Å². The van der Waals surface area contributed by atoms with Gasteiger partial charge in [0.25, 0.3) is 0 Å². The van der Waals surface area contributed by atoms with Gasteiger partial charge in [0.05, 0.1) is 0 Å². The Morgan fingerprint density at radius 2 is 2.18 bits per heavy atom. The van der Waals surface area contributed by atoms with Gasteiger partial charge in [0.1, 0.15) is 0 Å². The summed E-state index contributed by atoms with van der Waals surface area (Å²) in [7, 11) is 0. The molecule has 1 atom stereocenters. The van der Waals surface area contributed by atoms with Crippen molar-refractivity contribution in [3.8, 4) is 0 Å². The lowest BCUT2D eigenvalue weighted by Crippen LogP contribution is -2.19. The third-order valence-corrected chi connectivity index (χ3v) is 3.12. The van der Waals surface area contributed by atoms with Crippen LogP contribution in [0.3, 0.4) is 0 Å². The molecule has 0 bridgehead atoms. The van der Waals surface area contributed by atoms with Crippen LogP contribution in [0, 0.1) is 0 Å². The lowest BCUT2D eigenvalue weighted by Gasteiger charge is -2.14. The zero-order valence-corrected chi connectivity index (χ0v) is 11.3. The number of halogens is 1. The van der Waals surface area contributed by atoms with E-state index in [0.717, 1.165) is 18.0 Å². The van der Waals surface area contributed by atoms with Crippen LogP contribution >= 0.6 is 11.6 Å². The Kier molecular flexibility index (Phi) is 6.99. The molecule has 0 radical (unpaired) electrons. The van der Waals surface area contributed by atoms with Gasteiger partial charge in [-0.3, -0.25) is 0 Å². The third-order valence-electron chi connectivity index (χ3n) is 2.88. The molecule has 0 saturated carbocycles. The Hall–Kier alpha value is -0.790. The van der Waals surface area contributed by atoms with Gasteiger partial charge in [-0.1, -0.05) is 36.2 Å². The van der Waals surface area contributed by atoms with E-state index in [1.54, 1.807) is 0 Å². The molecule has 0 fully saturated rings. The Labute approximate surface area is 110 Å². The summed E-state index contributed by atoms with van der Waals surface area (Å²) in [5.41, 5.74) is 1.25. The number of rotatable bonds is 8. The topological polar surface area (TPSA) is 12.0 Å². The third kappa shape index (κ3) is 5.90. The highest BCUT2D eigenvalue weighted by Crippen LogP contribution is 2.17. The first-order chi connectivity index (χ1) is 8.24. The van der Waals surface area contributed by atoms with Gasteiger partial charge in [0.2, 0.25) is 0 Å². The smallest absolute Gasteiger partial charge is 0.0409 e. The fraction of sp³-hybridized carbons (Fsp3) is 0.467. The van der Waals surface area contributed by atoms with Crippen molar-refractivity contribution in [2.45, 2.75) is 38.6 Å². The first kappa shape index (κ1) is 14.3. The first-order valence-electron chi connectivity index (χ1n) is 6.34. The minimum absolute atomic E-state index is 0.369. The maximum atomic E-state index is 5.97. The quantitative estimate of drug-likeness (QED) is 0.520. The summed E-state index contributed by atoms with van der Waals surface area (Å²) >= 11 is 5.97. The second-order valence-electron chi connectivity index (χ2n) is 4.37. The zero-order valence-electron chi connectivity index (χ0n) is 10.6. The van der Waals surface area contributed by atoms with Crippen molar-refractivity contribution in [1.29, 1.82) is 0 Å². The van der Waals surface area contributed by atoms with E-state index in [0.29, 0.717) is 6.04 Å². The number of allylic oxidation sites excluding steroid dienone is 1. The van der Waals surface area contributed by atoms with Gasteiger partial charge >= 0.3 is 0 Å². The molecule has 1 rings (SSSR count). The molecule has 2 heteroatoms. The molecular weight excluding hydrogens is 230 g/mol. The van der Waals surface area contributed by atoms with Crippen molar-refractivity contribution < 1.29 is 0 Å². The van der Waals surface area contributed by atoms with Crippen molar-refractivity contribution in [3.05, 3.63) is 47.5 Å². The van der Waals surface area contributed by atoms with Gasteiger partial charge in [-0.15, -0.1) is 6.58 Å². The van der Waals surface area contributed by atoms with Crippen molar-refractivity contribution >= 4 is 11.6 Å². The van der Waals surface area contributed by atoms with Crippen LogP contribution < -0.4 is 5.32 Å². The monoisotopic (exact) mass is 251 g/mol. The van der Waals surface area contributed by atoms with Gasteiger partial charge in [0, 0.05) is 11.1 Å². The second kappa shape index (κ2) is 8.32. The first-order valence-corrected chi connectivity index (χ1v) is 6.71. The number of unbranched alkanes of at least 4 members (excludes halogenated alkanes) is 3. The van der Waals surface area contributed by atoms with Crippen LogP contribution in [0.1, 0.15) is 44.2 Å². The fourth-order valence-electron chi connectivity index (χ4n) is 1.80. The molecule has 0 saturated heterocycles. The van der Waals surface area contributed by atoms with Crippen molar-refractivity contribution in [1.82, 2.24) is 5.32 Å². The molecule has 1 aromatic carbocycles. The maximum absolute atomic E-state index is 5.97. The van der Waals surface area contributed by atoms with Crippen LogP contribution in [-0.2, 0) is 0 Å². The molecule has 0 aromatic heterocycles. The fourth-order valence-corrected chi connectivity index (χ4v) is 2.00. The second-order valence-corrected chi connectivity index (χ2v) is 4.81. The van der Waals surface area contributed by atoms with E-state index in [1.165, 1.54) is 24.8 Å². The van der Waals surface area contributed by atoms with Gasteiger partial charge in [-0.2, -0.15) is 0 Å². The molecule has 94 valence electrons. The Morgan fingerprint density at radius 1 is 1.35 bits per heavy atom. The summed E-state index contributed by atoms with van der Waals surface area (Å²) in [5, 5.41) is 4.33. The summed E-state index contributed by atoms with van der Waals surface area (Å²) in [4.78, 5) is 0. The highest BCUT2D eigenvalue weighted by molar-refractivity contribution is 6.30. The molecule has 1 N–H and O–H groups in total. The van der Waals surface area contributed by atoms with Gasteiger partial charge < -0.3 is 5.32 Å². The van der Waals surface area contributed by atoms with Crippen LogP contribution in [-0.4, -0.2) is 6.54 Å². The highest BCUT2D eigenvalue weighted by atomic mass is 35.5. The van der Waals surface area contributed by atoms with E-state index < -0.39 is 0 Å². The average Bonchev–Trinajstić information content (AvgIpc) is 2.33. The molecule has 0 aliphatic rings. The van der Waals surface area contributed by atoms with Gasteiger partial charge in [-0.25, -0.2) is 0 Å². The number of nitrogens with one attached hydrogen (secondary N) is 1. The van der Waals surface area contributed by atoms with Crippen LogP contribution in [0.2, 0.25) is 5.02 Å². The van der Waals surface area contributed by atoms with Crippen LogP contribution in [0.25, 0.3) is 0 Å². The number of benzene rings is 1. The zero-order chi connectivity index (χ0) is 12.5. The summed E-state index contributed by atoms with van der Waals surface area (Å²) in [6.45, 7) is 6.96. The molecule has 0 aliphatic carbocycles. The minimum Gasteiger partial charge on any atom is -0.310 e. The molecule has 1 nitrogen and oxygen atoms in total. The lowest BCUT2D eigenvalue weighted by atomic mass is 10.1. The van der Waals surface area contributed by atoms with Crippen molar-refractivity contribution in [3.63, 3.8) is 0 Å². The van der Waals surface area contributed by atoms with E-state index in [9.17, 15) is 0 Å². The predicted octanol–water partition coefficient (Wildman–Crippen LogP) is 4.74. The summed E-state index contributed by atoms with van der Waals surface area (Å²) in [6, 6.07) is 8.42. The lowest BCUT2D eigenvalue weighted by molar-refractivity contribution is 0.539. The Morgan fingerprint density at radius 3 is 2.88 bits per heavy atom. The van der Waals surface area contributed by atoms with Crippen LogP contribution in [0.5, 0.6) is 0 Å². The summed E-state index contributed by atoms with van der Waals surface area (Å²) < 4.78 is 0. The largest absolute Gasteiger partial charge is 0.310 e. The molecule has 0 amide bonds. The molecule has 0 spiro atoms. The van der Waals surface area contributed by atoms with Gasteiger partial charge in [-0.05, 0) is 50.4 Å². The van der Waals surface area contributed by atoms with Crippen molar-refractivity contribution in [2.75, 3.05) is 6.54 Å². The van der Waals surface area contributed by atoms with E-state index in [4.69, 9.17) is 11.6 Å². The minimum atomic E-state index is 0.369. The molecule has 0 aliphatic heterocycles. The molecule has 1 unspecified atom stereocenters. The molecular formula is C15H22ClN. The van der Waals surface area contributed by atoms with Gasteiger partial charge in [0.15, 0.2) is 0 Å². The molecule has 17 heavy (non-hydrogen) atoms. The van der Waals surface area contributed by atoms with Crippen molar-refractivity contribution in [2.24, 2.45) is 0 Å². The Bertz CT molecular complexity index is 335. The summed E-state index contributed by atoms with van der Waals surface area (Å²) in [6.07, 6.45) is 6.85. The van der Waals surface area contributed by atoms with Crippen LogP contribution in [0.4, 0.5) is 0 Å². The Balaban J connectivity index is 2.21. The van der Waals surface area contributed by atoms with E-state index >= 15 is 0 Å². The summed E-state index contributed by atoms with van der Waals surface area (Å²) in [5.74, 6) is 0. The number of hydrogen-bond donors (Lipinski definition) is 1. The number of hydrogen-bond acceptors (Lipinski definition) is 1. The maximum Gasteiger partial charge on any atom is 0.0409 e.